The van der Waals surface area contributed by atoms with Crippen LogP contribution in [0.3, 0.4) is 0 Å². The second-order valence-electron chi connectivity index (χ2n) is 5.50. The summed E-state index contributed by atoms with van der Waals surface area (Å²) in [7, 11) is 0. The summed E-state index contributed by atoms with van der Waals surface area (Å²) in [6.07, 6.45) is 0. The highest BCUT2D eigenvalue weighted by atomic mass is 19.1. The molecule has 0 bridgehead atoms. The molecule has 2 N–H and O–H groups in total. The first-order valence-corrected chi connectivity index (χ1v) is 7.85. The van der Waals surface area contributed by atoms with E-state index in [0.717, 1.165) is 0 Å². The number of hydrogen-bond acceptors (Lipinski definition) is 4. The number of nitrogens with one attached hydrogen (secondary N) is 2. The van der Waals surface area contributed by atoms with E-state index in [4.69, 9.17) is 0 Å². The predicted octanol–water partition coefficient (Wildman–Crippen LogP) is 1.18. The van der Waals surface area contributed by atoms with Crippen LogP contribution in [0.1, 0.15) is 13.8 Å². The molecule has 6 nitrogen and oxygen atoms in total. The van der Waals surface area contributed by atoms with E-state index in [9.17, 15) is 14.0 Å². The third-order valence-corrected chi connectivity index (χ3v) is 4.01. The van der Waals surface area contributed by atoms with Crippen LogP contribution in [0.25, 0.3) is 0 Å². The molecular weight excluding hydrogens is 299 g/mol. The monoisotopic (exact) mass is 322 g/mol. The zero-order valence-corrected chi connectivity index (χ0v) is 13.5. The summed E-state index contributed by atoms with van der Waals surface area (Å²) in [5.41, 5.74) is 0.589. The summed E-state index contributed by atoms with van der Waals surface area (Å²) < 4.78 is 13.8. The molecule has 1 heterocycles. The van der Waals surface area contributed by atoms with Crippen molar-refractivity contribution in [2.45, 2.75) is 19.9 Å². The van der Waals surface area contributed by atoms with Crippen LogP contribution in [0.15, 0.2) is 24.3 Å². The third-order valence-electron chi connectivity index (χ3n) is 4.01. The Balaban J connectivity index is 1.87. The summed E-state index contributed by atoms with van der Waals surface area (Å²) in [4.78, 5) is 27.4. The van der Waals surface area contributed by atoms with Gasteiger partial charge in [0.15, 0.2) is 0 Å². The number of carbonyl (C=O) groups excluding carboxylic acids is 2. The second-order valence-corrected chi connectivity index (χ2v) is 5.50. The average Bonchev–Trinajstić information content (AvgIpc) is 2.55. The van der Waals surface area contributed by atoms with Crippen molar-refractivity contribution in [3.05, 3.63) is 30.1 Å². The molecule has 1 aromatic rings. The van der Waals surface area contributed by atoms with Crippen LogP contribution < -0.4 is 15.5 Å². The number of benzene rings is 1. The molecule has 1 aromatic carbocycles. The van der Waals surface area contributed by atoms with Crippen LogP contribution in [0.4, 0.5) is 14.9 Å². The lowest BCUT2D eigenvalue weighted by Crippen LogP contribution is -2.55. The minimum absolute atomic E-state index is 0.233. The second kappa shape index (κ2) is 7.92. The zero-order chi connectivity index (χ0) is 16.8. The van der Waals surface area contributed by atoms with Crippen LogP contribution in [-0.4, -0.2) is 55.6 Å². The van der Waals surface area contributed by atoms with Gasteiger partial charge in [0.25, 0.3) is 0 Å². The number of carbonyl (C=O) groups is 2. The quantitative estimate of drug-likeness (QED) is 0.874. The van der Waals surface area contributed by atoms with Crippen molar-refractivity contribution < 1.29 is 14.0 Å². The van der Waals surface area contributed by atoms with Crippen LogP contribution >= 0.6 is 0 Å². The van der Waals surface area contributed by atoms with E-state index >= 15 is 0 Å². The van der Waals surface area contributed by atoms with Crippen LogP contribution in [-0.2, 0) is 4.79 Å². The summed E-state index contributed by atoms with van der Waals surface area (Å²) >= 11 is 0. The number of amides is 3. The number of halogens is 1. The van der Waals surface area contributed by atoms with E-state index in [1.165, 1.54) is 6.07 Å². The molecule has 1 atom stereocenters. The highest BCUT2D eigenvalue weighted by Gasteiger charge is 2.27. The van der Waals surface area contributed by atoms with Gasteiger partial charge in [-0.05, 0) is 26.0 Å². The maximum absolute atomic E-state index is 13.8. The molecule has 23 heavy (non-hydrogen) atoms. The predicted molar refractivity (Wildman–Crippen MR) is 86.9 cm³/mol. The lowest BCUT2D eigenvalue weighted by molar-refractivity contribution is -0.124. The van der Waals surface area contributed by atoms with Gasteiger partial charge in [0.2, 0.25) is 5.91 Å². The molecule has 3 amide bonds. The summed E-state index contributed by atoms with van der Waals surface area (Å²) in [5.74, 6) is -0.557. The van der Waals surface area contributed by atoms with Gasteiger partial charge in [-0.25, -0.2) is 9.18 Å². The fourth-order valence-corrected chi connectivity index (χ4v) is 2.65. The van der Waals surface area contributed by atoms with E-state index in [-0.39, 0.29) is 11.7 Å². The molecule has 1 unspecified atom stereocenters. The number of rotatable bonds is 4. The fraction of sp³-hybridized carbons (Fsp3) is 0.500. The van der Waals surface area contributed by atoms with Crippen LogP contribution in [0.2, 0.25) is 0 Å². The molecule has 126 valence electrons. The maximum atomic E-state index is 13.8. The van der Waals surface area contributed by atoms with Crippen molar-refractivity contribution >= 4 is 17.6 Å². The standard InChI is InChI=1S/C16H23FN4O2/c1-3-18-16(23)19-15(22)12(2)20-8-10-21(11-9-20)14-7-5-4-6-13(14)17/h4-7,12H,3,8-11H2,1-2H3,(H2,18,19,22,23). The van der Waals surface area contributed by atoms with Gasteiger partial charge >= 0.3 is 6.03 Å². The number of nitrogens with zero attached hydrogens (tertiary/aromatic N) is 2. The van der Waals surface area contributed by atoms with Crippen molar-refractivity contribution in [3.63, 3.8) is 0 Å². The van der Waals surface area contributed by atoms with Gasteiger partial charge in [-0.15, -0.1) is 0 Å². The number of piperazine rings is 1. The Bertz CT molecular complexity index is 559. The maximum Gasteiger partial charge on any atom is 0.321 e. The largest absolute Gasteiger partial charge is 0.367 e. The van der Waals surface area contributed by atoms with Crippen molar-refractivity contribution in [2.24, 2.45) is 0 Å². The first-order valence-electron chi connectivity index (χ1n) is 7.85. The smallest absolute Gasteiger partial charge is 0.321 e. The number of urea groups is 1. The highest BCUT2D eigenvalue weighted by molar-refractivity contribution is 5.96. The molecule has 2 rings (SSSR count). The van der Waals surface area contributed by atoms with Crippen molar-refractivity contribution in [1.29, 1.82) is 0 Å². The number of hydrogen-bond donors (Lipinski definition) is 2. The number of imide groups is 1. The Labute approximate surface area is 135 Å². The minimum atomic E-state index is -0.477. The molecule has 0 radical (unpaired) electrons. The number of para-hydroxylation sites is 1. The Morgan fingerprint density at radius 3 is 2.48 bits per heavy atom. The molecule has 1 fully saturated rings. The third kappa shape index (κ3) is 4.41. The van der Waals surface area contributed by atoms with Crippen LogP contribution in [0, 0.1) is 5.82 Å². The summed E-state index contributed by atoms with van der Waals surface area (Å²) in [6.45, 7) is 6.58. The molecule has 7 heteroatoms. The topological polar surface area (TPSA) is 64.7 Å². The Morgan fingerprint density at radius 1 is 1.22 bits per heavy atom. The zero-order valence-electron chi connectivity index (χ0n) is 13.5. The molecule has 1 aliphatic heterocycles. The lowest BCUT2D eigenvalue weighted by atomic mass is 10.2. The van der Waals surface area contributed by atoms with E-state index < -0.39 is 12.1 Å². The van der Waals surface area contributed by atoms with Crippen LogP contribution in [0.5, 0.6) is 0 Å². The Hall–Kier alpha value is -2.15. The summed E-state index contributed by atoms with van der Waals surface area (Å²) in [6, 6.07) is 5.81. The van der Waals surface area contributed by atoms with Gasteiger partial charge in [0.05, 0.1) is 11.7 Å². The van der Waals surface area contributed by atoms with E-state index in [2.05, 4.69) is 10.6 Å². The lowest BCUT2D eigenvalue weighted by Gasteiger charge is -2.38. The molecule has 0 aromatic heterocycles. The first-order chi connectivity index (χ1) is 11.0. The fourth-order valence-electron chi connectivity index (χ4n) is 2.65. The molecule has 0 saturated carbocycles. The van der Waals surface area contributed by atoms with E-state index in [0.29, 0.717) is 38.4 Å². The van der Waals surface area contributed by atoms with Crippen molar-refractivity contribution in [3.8, 4) is 0 Å². The van der Waals surface area contributed by atoms with Gasteiger partial charge in [-0.2, -0.15) is 0 Å². The van der Waals surface area contributed by atoms with Gasteiger partial charge < -0.3 is 10.2 Å². The Morgan fingerprint density at radius 2 is 1.87 bits per heavy atom. The average molecular weight is 322 g/mol. The molecular formula is C16H23FN4O2. The number of anilines is 1. The SMILES string of the molecule is CCNC(=O)NC(=O)C(C)N1CCN(c2ccccc2F)CC1. The van der Waals surface area contributed by atoms with E-state index in [1.54, 1.807) is 26.0 Å². The highest BCUT2D eigenvalue weighted by Crippen LogP contribution is 2.20. The molecule has 1 aliphatic rings. The summed E-state index contributed by atoms with van der Waals surface area (Å²) in [5, 5.41) is 4.86. The van der Waals surface area contributed by atoms with Crippen molar-refractivity contribution in [2.75, 3.05) is 37.6 Å². The molecule has 1 saturated heterocycles. The Kier molecular flexibility index (Phi) is 5.92. The molecule has 0 spiro atoms. The van der Waals surface area contributed by atoms with Gasteiger partial charge in [-0.3, -0.25) is 15.0 Å². The first kappa shape index (κ1) is 17.2. The van der Waals surface area contributed by atoms with Gasteiger partial charge in [-0.1, -0.05) is 12.1 Å². The minimum Gasteiger partial charge on any atom is -0.367 e. The van der Waals surface area contributed by atoms with Gasteiger partial charge in [0, 0.05) is 32.7 Å². The van der Waals surface area contributed by atoms with Gasteiger partial charge in [0.1, 0.15) is 5.82 Å². The van der Waals surface area contributed by atoms with E-state index in [1.807, 2.05) is 15.9 Å². The normalized spacial score (nSPS) is 16.7. The van der Waals surface area contributed by atoms with Crippen molar-refractivity contribution in [1.82, 2.24) is 15.5 Å². The molecule has 0 aliphatic carbocycles.